The zero-order valence-electron chi connectivity index (χ0n) is 7.29. The molecule has 0 rings (SSSR count). The first kappa shape index (κ1) is 11.1. The molecule has 4 nitrogen and oxygen atoms in total. The molecule has 0 heterocycles. The van der Waals surface area contributed by atoms with Crippen molar-refractivity contribution < 1.29 is 18.1 Å². The van der Waals surface area contributed by atoms with E-state index in [0.717, 1.165) is 0 Å². The zero-order chi connectivity index (χ0) is 9.12. The molecule has 67 valence electrons. The molecular formula is C6H14O4P. The predicted octanol–water partition coefficient (Wildman–Crippen LogP) is 2.02. The van der Waals surface area contributed by atoms with Crippen molar-refractivity contribution in [3.63, 3.8) is 0 Å². The lowest BCUT2D eigenvalue weighted by atomic mass is 10.2. The molecule has 1 radical (unpaired) electrons. The van der Waals surface area contributed by atoms with Gasteiger partial charge in [-0.05, 0) is 20.8 Å². The van der Waals surface area contributed by atoms with Crippen LogP contribution >= 0.6 is 7.82 Å². The summed E-state index contributed by atoms with van der Waals surface area (Å²) in [6.45, 7) is 6.93. The highest BCUT2D eigenvalue weighted by molar-refractivity contribution is 7.48. The molecule has 0 saturated heterocycles. The third-order valence-electron chi connectivity index (χ3n) is 0.806. The van der Waals surface area contributed by atoms with Gasteiger partial charge in [0.05, 0.1) is 5.60 Å². The largest absolute Gasteiger partial charge is 0.474 e. The molecule has 0 N–H and O–H groups in total. The number of phosphoric ester groups is 1. The van der Waals surface area contributed by atoms with E-state index in [4.69, 9.17) is 4.52 Å². The summed E-state index contributed by atoms with van der Waals surface area (Å²) in [7, 11) is -0.845. The van der Waals surface area contributed by atoms with Crippen LogP contribution in [0.3, 0.4) is 0 Å². The molecule has 0 amide bonds. The van der Waals surface area contributed by atoms with E-state index in [0.29, 0.717) is 0 Å². The van der Waals surface area contributed by atoms with Crippen molar-refractivity contribution in [1.29, 1.82) is 0 Å². The quantitative estimate of drug-likeness (QED) is 0.622. The minimum atomic E-state index is -3.37. The summed E-state index contributed by atoms with van der Waals surface area (Å²) in [6, 6.07) is 0. The standard InChI is InChI=1S/C6H14O4P/c1-6(2,3)10-11(7,8-4)9-5/h1H2,2-5H3. The van der Waals surface area contributed by atoms with Crippen LogP contribution in [-0.4, -0.2) is 19.8 Å². The van der Waals surface area contributed by atoms with Crippen molar-refractivity contribution in [2.45, 2.75) is 19.4 Å². The Morgan fingerprint density at radius 3 is 1.73 bits per heavy atom. The Kier molecular flexibility index (Phi) is 3.71. The first-order valence-electron chi connectivity index (χ1n) is 3.10. The molecule has 0 atom stereocenters. The van der Waals surface area contributed by atoms with Gasteiger partial charge in [-0.25, -0.2) is 4.57 Å². The minimum absolute atomic E-state index is 0.776. The van der Waals surface area contributed by atoms with Crippen LogP contribution in [-0.2, 0) is 18.1 Å². The maximum absolute atomic E-state index is 11.3. The molecule has 5 heteroatoms. The van der Waals surface area contributed by atoms with Crippen molar-refractivity contribution in [2.24, 2.45) is 0 Å². The molecular weight excluding hydrogens is 167 g/mol. The monoisotopic (exact) mass is 181 g/mol. The van der Waals surface area contributed by atoms with Crippen molar-refractivity contribution in [2.75, 3.05) is 14.2 Å². The second kappa shape index (κ2) is 3.68. The van der Waals surface area contributed by atoms with Crippen LogP contribution in [0.25, 0.3) is 0 Å². The molecule has 0 aliphatic rings. The van der Waals surface area contributed by atoms with E-state index < -0.39 is 13.4 Å². The van der Waals surface area contributed by atoms with Gasteiger partial charge in [0.1, 0.15) is 0 Å². The molecule has 0 fully saturated rings. The molecule has 0 aromatic rings. The summed E-state index contributed by atoms with van der Waals surface area (Å²) in [4.78, 5) is 0. The van der Waals surface area contributed by atoms with Gasteiger partial charge in [0.2, 0.25) is 0 Å². The van der Waals surface area contributed by atoms with Gasteiger partial charge in [-0.2, -0.15) is 0 Å². The van der Waals surface area contributed by atoms with Crippen LogP contribution < -0.4 is 0 Å². The van der Waals surface area contributed by atoms with Gasteiger partial charge < -0.3 is 0 Å². The zero-order valence-corrected chi connectivity index (χ0v) is 8.18. The van der Waals surface area contributed by atoms with Crippen molar-refractivity contribution in [3.05, 3.63) is 6.92 Å². The van der Waals surface area contributed by atoms with Gasteiger partial charge in [0.25, 0.3) is 0 Å². The SMILES string of the molecule is [CH2]C(C)(C)OP(=O)(OC)OC. The predicted molar refractivity (Wildman–Crippen MR) is 42.1 cm³/mol. The molecule has 0 spiro atoms. The Bertz CT molecular complexity index is 152. The third kappa shape index (κ3) is 4.53. The van der Waals surface area contributed by atoms with Gasteiger partial charge in [-0.1, -0.05) is 0 Å². The molecule has 0 aromatic carbocycles. The maximum Gasteiger partial charge on any atom is 0.474 e. The fraction of sp³-hybridized carbons (Fsp3) is 0.833. The highest BCUT2D eigenvalue weighted by Gasteiger charge is 2.29. The lowest BCUT2D eigenvalue weighted by Crippen LogP contribution is -2.18. The third-order valence-corrected chi connectivity index (χ3v) is 2.42. The summed E-state index contributed by atoms with van der Waals surface area (Å²) >= 11 is 0. The van der Waals surface area contributed by atoms with Gasteiger partial charge >= 0.3 is 7.82 Å². The molecule has 0 aromatic heterocycles. The van der Waals surface area contributed by atoms with E-state index in [1.165, 1.54) is 14.2 Å². The summed E-state index contributed by atoms with van der Waals surface area (Å²) in [5.41, 5.74) is -0.776. The smallest absolute Gasteiger partial charge is 0.290 e. The summed E-state index contributed by atoms with van der Waals surface area (Å²) < 4.78 is 25.3. The summed E-state index contributed by atoms with van der Waals surface area (Å²) in [5, 5.41) is 0. The second-order valence-electron chi connectivity index (χ2n) is 2.66. The second-order valence-corrected chi connectivity index (χ2v) is 4.47. The average Bonchev–Trinajstić information content (AvgIpc) is 1.84. The van der Waals surface area contributed by atoms with E-state index in [1.807, 2.05) is 0 Å². The first-order chi connectivity index (χ1) is 4.83. The summed E-state index contributed by atoms with van der Waals surface area (Å²) in [5.74, 6) is 0. The van der Waals surface area contributed by atoms with Gasteiger partial charge in [0.15, 0.2) is 0 Å². The fourth-order valence-corrected chi connectivity index (χ4v) is 1.36. The van der Waals surface area contributed by atoms with Gasteiger partial charge in [-0.3, -0.25) is 13.6 Å². The maximum atomic E-state index is 11.3. The van der Waals surface area contributed by atoms with E-state index in [1.54, 1.807) is 13.8 Å². The van der Waals surface area contributed by atoms with E-state index in [9.17, 15) is 4.57 Å². The minimum Gasteiger partial charge on any atom is -0.290 e. The van der Waals surface area contributed by atoms with E-state index in [2.05, 4.69) is 16.0 Å². The first-order valence-corrected chi connectivity index (χ1v) is 4.57. The number of hydrogen-bond donors (Lipinski definition) is 0. The molecule has 0 unspecified atom stereocenters. The molecule has 11 heavy (non-hydrogen) atoms. The number of rotatable bonds is 4. The topological polar surface area (TPSA) is 44.8 Å². The Morgan fingerprint density at radius 1 is 1.27 bits per heavy atom. The van der Waals surface area contributed by atoms with Crippen LogP contribution in [0.2, 0.25) is 0 Å². The highest BCUT2D eigenvalue weighted by atomic mass is 31.2. The van der Waals surface area contributed by atoms with E-state index in [-0.39, 0.29) is 0 Å². The Morgan fingerprint density at radius 2 is 1.64 bits per heavy atom. The van der Waals surface area contributed by atoms with Crippen LogP contribution in [0.1, 0.15) is 13.8 Å². The number of hydrogen-bond acceptors (Lipinski definition) is 4. The molecule has 0 saturated carbocycles. The van der Waals surface area contributed by atoms with Gasteiger partial charge in [-0.15, -0.1) is 0 Å². The van der Waals surface area contributed by atoms with Crippen molar-refractivity contribution in [1.82, 2.24) is 0 Å². The van der Waals surface area contributed by atoms with Crippen LogP contribution in [0.15, 0.2) is 0 Å². The van der Waals surface area contributed by atoms with Crippen molar-refractivity contribution >= 4 is 7.82 Å². The van der Waals surface area contributed by atoms with E-state index >= 15 is 0 Å². The van der Waals surface area contributed by atoms with Crippen LogP contribution in [0.4, 0.5) is 0 Å². The highest BCUT2D eigenvalue weighted by Crippen LogP contribution is 2.50. The average molecular weight is 181 g/mol. The lowest BCUT2D eigenvalue weighted by Gasteiger charge is -2.23. The Labute approximate surface area is 67.5 Å². The summed E-state index contributed by atoms with van der Waals surface area (Å²) in [6.07, 6.45) is 0. The number of phosphoric acid groups is 1. The molecule has 0 aliphatic heterocycles. The normalized spacial score (nSPS) is 13.5. The fourth-order valence-electron chi connectivity index (χ4n) is 0.452. The Balaban J connectivity index is 4.21. The van der Waals surface area contributed by atoms with Crippen LogP contribution in [0.5, 0.6) is 0 Å². The molecule has 0 aliphatic carbocycles. The lowest BCUT2D eigenvalue weighted by molar-refractivity contribution is 0.0786. The van der Waals surface area contributed by atoms with Crippen LogP contribution in [0, 0.1) is 6.92 Å². The van der Waals surface area contributed by atoms with Gasteiger partial charge in [0, 0.05) is 14.2 Å². The van der Waals surface area contributed by atoms with Crippen molar-refractivity contribution in [3.8, 4) is 0 Å². The Hall–Kier alpha value is 0.110. The molecule has 0 bridgehead atoms.